The molecule has 11 heteroatoms. The lowest BCUT2D eigenvalue weighted by molar-refractivity contribution is 0.154. The first-order valence-corrected chi connectivity index (χ1v) is 12.3. The molecule has 190 valence electrons. The molecular formula is C25H33N9O2. The molecule has 1 aliphatic rings. The van der Waals surface area contributed by atoms with E-state index >= 15 is 0 Å². The van der Waals surface area contributed by atoms with Crippen molar-refractivity contribution in [3.63, 3.8) is 0 Å². The number of amides is 1. The molecule has 0 fully saturated rings. The average Bonchev–Trinajstić information content (AvgIpc) is 3.24. The van der Waals surface area contributed by atoms with E-state index in [1.165, 1.54) is 6.33 Å². The number of nitrogens with zero attached hydrogens (tertiary/aromatic N) is 6. The van der Waals surface area contributed by atoms with Crippen LogP contribution in [-0.4, -0.2) is 53.9 Å². The van der Waals surface area contributed by atoms with Crippen molar-refractivity contribution in [3.05, 3.63) is 35.8 Å². The van der Waals surface area contributed by atoms with Crippen LogP contribution in [0.3, 0.4) is 0 Å². The molecule has 36 heavy (non-hydrogen) atoms. The largest absolute Gasteiger partial charge is 0.450 e. The van der Waals surface area contributed by atoms with E-state index in [9.17, 15) is 4.79 Å². The van der Waals surface area contributed by atoms with Crippen LogP contribution >= 0.6 is 0 Å². The molecule has 3 N–H and O–H groups in total. The van der Waals surface area contributed by atoms with E-state index in [0.29, 0.717) is 48.9 Å². The van der Waals surface area contributed by atoms with E-state index in [1.54, 1.807) is 19.3 Å². The molecule has 0 spiro atoms. The summed E-state index contributed by atoms with van der Waals surface area (Å²) in [6.07, 6.45) is 6.55. The molecule has 0 bridgehead atoms. The highest BCUT2D eigenvalue weighted by atomic mass is 16.5. The van der Waals surface area contributed by atoms with Crippen molar-refractivity contribution < 1.29 is 9.53 Å². The molecule has 3 heterocycles. The number of hydrogen-bond acceptors (Lipinski definition) is 9. The first-order valence-electron chi connectivity index (χ1n) is 12.3. The van der Waals surface area contributed by atoms with Gasteiger partial charge in [0, 0.05) is 36.4 Å². The summed E-state index contributed by atoms with van der Waals surface area (Å²) >= 11 is 0. The van der Waals surface area contributed by atoms with Crippen LogP contribution in [-0.2, 0) is 11.3 Å². The molecule has 0 aromatic carbocycles. The quantitative estimate of drug-likeness (QED) is 0.397. The molecule has 1 amide bonds. The predicted octanol–water partition coefficient (Wildman–Crippen LogP) is 4.25. The van der Waals surface area contributed by atoms with E-state index in [1.807, 2.05) is 32.3 Å². The summed E-state index contributed by atoms with van der Waals surface area (Å²) in [7, 11) is 0. The van der Waals surface area contributed by atoms with Gasteiger partial charge in [0.1, 0.15) is 18.0 Å². The van der Waals surface area contributed by atoms with Crippen molar-refractivity contribution in [2.45, 2.75) is 66.5 Å². The van der Waals surface area contributed by atoms with Gasteiger partial charge in [0.15, 0.2) is 17.0 Å². The van der Waals surface area contributed by atoms with Crippen LogP contribution in [0.15, 0.2) is 30.0 Å². The van der Waals surface area contributed by atoms with Crippen LogP contribution in [0.5, 0.6) is 0 Å². The van der Waals surface area contributed by atoms with Gasteiger partial charge < -0.3 is 20.0 Å². The van der Waals surface area contributed by atoms with Crippen LogP contribution in [0.25, 0.3) is 22.6 Å². The van der Waals surface area contributed by atoms with E-state index in [0.717, 1.165) is 34.7 Å². The number of ether oxygens (including phenoxy) is 1. The Hall–Kier alpha value is -3.89. The van der Waals surface area contributed by atoms with Crippen molar-refractivity contribution in [1.29, 1.82) is 5.41 Å². The molecule has 1 unspecified atom stereocenters. The van der Waals surface area contributed by atoms with Gasteiger partial charge in [-0.05, 0) is 51.5 Å². The van der Waals surface area contributed by atoms with Crippen LogP contribution in [0.1, 0.15) is 52.8 Å². The van der Waals surface area contributed by atoms with Gasteiger partial charge >= 0.3 is 6.09 Å². The number of carbonyl (C=O) groups excluding carboxylic acids is 1. The zero-order valence-corrected chi connectivity index (χ0v) is 21.4. The van der Waals surface area contributed by atoms with Gasteiger partial charge in [0.05, 0.1) is 12.2 Å². The summed E-state index contributed by atoms with van der Waals surface area (Å²) < 4.78 is 7.09. The van der Waals surface area contributed by atoms with Crippen molar-refractivity contribution >= 4 is 28.8 Å². The van der Waals surface area contributed by atoms with Gasteiger partial charge in [-0.25, -0.2) is 29.7 Å². The first-order chi connectivity index (χ1) is 17.3. The molecule has 0 saturated carbocycles. The minimum Gasteiger partial charge on any atom is -0.450 e. The molecule has 4 rings (SSSR count). The maximum Gasteiger partial charge on any atom is 0.411 e. The highest BCUT2D eigenvalue weighted by Gasteiger charge is 2.27. The summed E-state index contributed by atoms with van der Waals surface area (Å²) in [5.41, 5.74) is 4.33. The Balaban J connectivity index is 1.64. The SMILES string of the molecule is CCOC(=O)NC1=C(C(=N)C(C)C)CC(Nc2ncnc3c2nc(-c2cnc(C)nc2)n3CC)CC1. The minimum absolute atomic E-state index is 0.0166. The molecular weight excluding hydrogens is 458 g/mol. The maximum atomic E-state index is 12.1. The van der Waals surface area contributed by atoms with Gasteiger partial charge in [-0.3, -0.25) is 5.32 Å². The fraction of sp³-hybridized carbons (Fsp3) is 0.480. The van der Waals surface area contributed by atoms with Gasteiger partial charge in [-0.15, -0.1) is 0 Å². The van der Waals surface area contributed by atoms with Crippen LogP contribution < -0.4 is 10.6 Å². The Morgan fingerprint density at radius 1 is 1.22 bits per heavy atom. The lowest BCUT2D eigenvalue weighted by Crippen LogP contribution is -2.34. The van der Waals surface area contributed by atoms with Crippen LogP contribution in [0.4, 0.5) is 10.6 Å². The Kier molecular flexibility index (Phi) is 7.56. The van der Waals surface area contributed by atoms with E-state index in [2.05, 4.69) is 30.6 Å². The zero-order chi connectivity index (χ0) is 25.8. The second-order valence-corrected chi connectivity index (χ2v) is 9.05. The summed E-state index contributed by atoms with van der Waals surface area (Å²) in [6.45, 7) is 10.6. The molecule has 0 radical (unpaired) electrons. The monoisotopic (exact) mass is 491 g/mol. The number of aromatic nitrogens is 6. The number of fused-ring (bicyclic) bond motifs is 1. The first kappa shape index (κ1) is 25.2. The topological polar surface area (TPSA) is 144 Å². The Morgan fingerprint density at radius 2 is 1.97 bits per heavy atom. The van der Waals surface area contributed by atoms with E-state index < -0.39 is 6.09 Å². The summed E-state index contributed by atoms with van der Waals surface area (Å²) in [5.74, 6) is 2.11. The fourth-order valence-corrected chi connectivity index (χ4v) is 4.38. The van der Waals surface area contributed by atoms with Crippen molar-refractivity contribution in [3.8, 4) is 11.4 Å². The summed E-state index contributed by atoms with van der Waals surface area (Å²) in [4.78, 5) is 34.6. The zero-order valence-electron chi connectivity index (χ0n) is 21.4. The van der Waals surface area contributed by atoms with Gasteiger partial charge in [-0.2, -0.15) is 0 Å². The highest BCUT2D eigenvalue weighted by Crippen LogP contribution is 2.31. The number of alkyl carbamates (subject to hydrolysis) is 1. The van der Waals surface area contributed by atoms with Gasteiger partial charge in [0.2, 0.25) is 0 Å². The Bertz CT molecular complexity index is 1290. The lowest BCUT2D eigenvalue weighted by atomic mass is 9.85. The van der Waals surface area contributed by atoms with Crippen LogP contribution in [0, 0.1) is 18.3 Å². The molecule has 0 aliphatic heterocycles. The van der Waals surface area contributed by atoms with Gasteiger partial charge in [-0.1, -0.05) is 13.8 Å². The highest BCUT2D eigenvalue weighted by molar-refractivity contribution is 6.00. The molecule has 1 aliphatic carbocycles. The number of allylic oxidation sites excluding steroid dienone is 1. The molecule has 3 aromatic heterocycles. The van der Waals surface area contributed by atoms with E-state index in [-0.39, 0.29) is 12.0 Å². The summed E-state index contributed by atoms with van der Waals surface area (Å²) in [6, 6.07) is 0.0166. The van der Waals surface area contributed by atoms with Crippen LogP contribution in [0.2, 0.25) is 0 Å². The fourth-order valence-electron chi connectivity index (χ4n) is 4.38. The number of hydrogen-bond donors (Lipinski definition) is 3. The second-order valence-electron chi connectivity index (χ2n) is 9.05. The van der Waals surface area contributed by atoms with E-state index in [4.69, 9.17) is 15.1 Å². The van der Waals surface area contributed by atoms with Crippen molar-refractivity contribution in [2.24, 2.45) is 5.92 Å². The third-order valence-corrected chi connectivity index (χ3v) is 6.22. The molecule has 3 aromatic rings. The number of anilines is 1. The third kappa shape index (κ3) is 5.19. The number of rotatable bonds is 8. The summed E-state index contributed by atoms with van der Waals surface area (Å²) in [5, 5.41) is 15.0. The van der Waals surface area contributed by atoms with Crippen molar-refractivity contribution in [1.82, 2.24) is 34.8 Å². The molecule has 1 atom stereocenters. The number of nitrogens with one attached hydrogen (secondary N) is 3. The third-order valence-electron chi connectivity index (χ3n) is 6.22. The predicted molar refractivity (Wildman–Crippen MR) is 138 cm³/mol. The minimum atomic E-state index is -0.483. The standard InChI is InChI=1S/C25H33N9O2/c1-6-34-23(16-11-27-15(5)28-12-16)33-21-22(29-13-30-24(21)34)31-17-8-9-19(32-25(35)36-7-2)18(10-17)20(26)14(3)4/h11-14,17,26H,6-10H2,1-5H3,(H,32,35)(H,29,30,31). The Labute approximate surface area is 210 Å². The van der Waals surface area contributed by atoms with Crippen molar-refractivity contribution in [2.75, 3.05) is 11.9 Å². The molecule has 0 saturated heterocycles. The number of imidazole rings is 1. The molecule has 11 nitrogen and oxygen atoms in total. The average molecular weight is 492 g/mol. The van der Waals surface area contributed by atoms with Gasteiger partial charge in [0.25, 0.3) is 0 Å². The Morgan fingerprint density at radius 3 is 2.64 bits per heavy atom. The number of aryl methyl sites for hydroxylation is 2. The normalized spacial score (nSPS) is 15.9. The number of carbonyl (C=O) groups is 1. The second kappa shape index (κ2) is 10.8. The smallest absolute Gasteiger partial charge is 0.411 e. The lowest BCUT2D eigenvalue weighted by Gasteiger charge is -2.29. The maximum absolute atomic E-state index is 12.1.